The maximum atomic E-state index is 13.3. The van der Waals surface area contributed by atoms with Crippen molar-refractivity contribution in [1.29, 1.82) is 5.26 Å². The van der Waals surface area contributed by atoms with Crippen LogP contribution in [0.25, 0.3) is 0 Å². The van der Waals surface area contributed by atoms with Gasteiger partial charge in [0.15, 0.2) is 5.78 Å². The second kappa shape index (κ2) is 11.2. The van der Waals surface area contributed by atoms with Gasteiger partial charge in [0.1, 0.15) is 23.1 Å². The van der Waals surface area contributed by atoms with E-state index in [1.54, 1.807) is 55.6 Å². The molecule has 7 heteroatoms. The maximum absolute atomic E-state index is 13.3. The van der Waals surface area contributed by atoms with E-state index in [4.69, 9.17) is 9.47 Å². The lowest BCUT2D eigenvalue weighted by Crippen LogP contribution is -2.27. The van der Waals surface area contributed by atoms with Crippen molar-refractivity contribution in [3.8, 4) is 23.4 Å². The lowest BCUT2D eigenvalue weighted by Gasteiger charge is -2.16. The number of carbonyl (C=O) groups excluding carboxylic acids is 1. The molecule has 0 spiro atoms. The summed E-state index contributed by atoms with van der Waals surface area (Å²) in [6.45, 7) is 4.21. The number of pyridine rings is 1. The number of ether oxygens (including phenoxy) is 2. The second-order valence-corrected chi connectivity index (χ2v) is 7.96. The van der Waals surface area contributed by atoms with Gasteiger partial charge in [0, 0.05) is 5.56 Å². The molecule has 0 bridgehead atoms. The molecule has 0 amide bonds. The molecule has 0 saturated heterocycles. The molecule has 1 aromatic heterocycles. The van der Waals surface area contributed by atoms with Gasteiger partial charge >= 0.3 is 0 Å². The molecule has 34 heavy (non-hydrogen) atoms. The molecule has 7 nitrogen and oxygen atoms in total. The number of methoxy groups -OCH3 is 1. The summed E-state index contributed by atoms with van der Waals surface area (Å²) >= 11 is 0. The lowest BCUT2D eigenvalue weighted by molar-refractivity contribution is 0.103. The number of unbranched alkanes of at least 4 members (excludes halogenated alkanes) is 2. The number of aromatic nitrogens is 1. The van der Waals surface area contributed by atoms with E-state index >= 15 is 0 Å². The standard InChI is InChI=1S/C27H28N2O5/c1-4-5-6-15-34-22-13-9-20(10-14-22)25(30)24-18(2)23(16-28)26(31)29(27(24)32)17-19-7-11-21(33-3)12-8-19/h7-14,32H,4-6,15,17H2,1-3H3. The Morgan fingerprint density at radius 1 is 1.06 bits per heavy atom. The number of nitrogens with zero attached hydrogens (tertiary/aromatic N) is 2. The summed E-state index contributed by atoms with van der Waals surface area (Å²) in [4.78, 5) is 26.2. The lowest BCUT2D eigenvalue weighted by atomic mass is 9.97. The maximum Gasteiger partial charge on any atom is 0.271 e. The van der Waals surface area contributed by atoms with Gasteiger partial charge in [0.2, 0.25) is 5.88 Å². The minimum Gasteiger partial charge on any atom is -0.497 e. The highest BCUT2D eigenvalue weighted by atomic mass is 16.5. The highest BCUT2D eigenvalue weighted by Gasteiger charge is 2.25. The van der Waals surface area contributed by atoms with Crippen molar-refractivity contribution in [3.05, 3.63) is 86.7 Å². The first-order chi connectivity index (χ1) is 16.4. The molecule has 1 heterocycles. The van der Waals surface area contributed by atoms with Gasteiger partial charge in [-0.25, -0.2) is 0 Å². The summed E-state index contributed by atoms with van der Waals surface area (Å²) < 4.78 is 11.9. The number of aromatic hydroxyl groups is 1. The monoisotopic (exact) mass is 460 g/mol. The Labute approximate surface area is 198 Å². The Kier molecular flexibility index (Phi) is 8.10. The molecule has 176 valence electrons. The van der Waals surface area contributed by atoms with Crippen molar-refractivity contribution in [2.75, 3.05) is 13.7 Å². The number of benzene rings is 2. The van der Waals surface area contributed by atoms with Gasteiger partial charge in [-0.05, 0) is 60.9 Å². The number of ketones is 1. The smallest absolute Gasteiger partial charge is 0.271 e. The Morgan fingerprint density at radius 3 is 2.29 bits per heavy atom. The summed E-state index contributed by atoms with van der Waals surface area (Å²) in [7, 11) is 1.55. The van der Waals surface area contributed by atoms with Crippen LogP contribution >= 0.6 is 0 Å². The van der Waals surface area contributed by atoms with Gasteiger partial charge in [0.05, 0.1) is 25.8 Å². The van der Waals surface area contributed by atoms with Crippen molar-refractivity contribution in [3.63, 3.8) is 0 Å². The molecule has 0 atom stereocenters. The average molecular weight is 461 g/mol. The zero-order valence-corrected chi connectivity index (χ0v) is 19.6. The summed E-state index contributed by atoms with van der Waals surface area (Å²) in [5, 5.41) is 20.6. The van der Waals surface area contributed by atoms with E-state index in [1.165, 1.54) is 6.92 Å². The number of hydrogen-bond donors (Lipinski definition) is 1. The third-order valence-electron chi connectivity index (χ3n) is 5.66. The van der Waals surface area contributed by atoms with Crippen molar-refractivity contribution in [2.24, 2.45) is 0 Å². The van der Waals surface area contributed by atoms with Crippen LogP contribution in [0.3, 0.4) is 0 Å². The van der Waals surface area contributed by atoms with Gasteiger partial charge in [0.25, 0.3) is 5.56 Å². The molecule has 0 aliphatic rings. The van der Waals surface area contributed by atoms with Crippen LogP contribution in [0.2, 0.25) is 0 Å². The number of rotatable bonds is 10. The summed E-state index contributed by atoms with van der Waals surface area (Å²) in [6, 6.07) is 15.5. The number of carbonyl (C=O) groups is 1. The van der Waals surface area contributed by atoms with E-state index < -0.39 is 17.2 Å². The van der Waals surface area contributed by atoms with Crippen LogP contribution in [0.1, 0.15) is 58.8 Å². The molecule has 2 aromatic carbocycles. The third-order valence-corrected chi connectivity index (χ3v) is 5.66. The summed E-state index contributed by atoms with van der Waals surface area (Å²) in [5.41, 5.74) is 0.278. The first-order valence-electron chi connectivity index (χ1n) is 11.2. The van der Waals surface area contributed by atoms with Crippen LogP contribution < -0.4 is 15.0 Å². The van der Waals surface area contributed by atoms with E-state index in [9.17, 15) is 20.0 Å². The Hall–Kier alpha value is -4.05. The Morgan fingerprint density at radius 2 is 1.71 bits per heavy atom. The number of hydrogen-bond acceptors (Lipinski definition) is 6. The first-order valence-corrected chi connectivity index (χ1v) is 11.2. The molecule has 0 aliphatic carbocycles. The molecular formula is C27H28N2O5. The topological polar surface area (TPSA) is 102 Å². The van der Waals surface area contributed by atoms with Crippen LogP contribution in [-0.4, -0.2) is 29.2 Å². The van der Waals surface area contributed by atoms with Crippen molar-refractivity contribution >= 4 is 5.78 Å². The fourth-order valence-corrected chi connectivity index (χ4v) is 3.67. The quantitative estimate of drug-likeness (QED) is 0.351. The van der Waals surface area contributed by atoms with Crippen molar-refractivity contribution < 1.29 is 19.4 Å². The molecule has 0 fully saturated rings. The predicted molar refractivity (Wildman–Crippen MR) is 129 cm³/mol. The summed E-state index contributed by atoms with van der Waals surface area (Å²) in [6.07, 6.45) is 3.14. The fraction of sp³-hybridized carbons (Fsp3) is 0.296. The van der Waals surface area contributed by atoms with Gasteiger partial charge in [-0.15, -0.1) is 0 Å². The van der Waals surface area contributed by atoms with Crippen LogP contribution in [-0.2, 0) is 6.54 Å². The van der Waals surface area contributed by atoms with Crippen LogP contribution in [0.5, 0.6) is 17.4 Å². The highest BCUT2D eigenvalue weighted by Crippen LogP contribution is 2.26. The Balaban J connectivity index is 1.95. The molecule has 0 saturated carbocycles. The van der Waals surface area contributed by atoms with E-state index in [-0.39, 0.29) is 23.2 Å². The van der Waals surface area contributed by atoms with E-state index in [2.05, 4.69) is 6.92 Å². The zero-order valence-electron chi connectivity index (χ0n) is 19.6. The fourth-order valence-electron chi connectivity index (χ4n) is 3.67. The number of nitriles is 1. The van der Waals surface area contributed by atoms with Crippen LogP contribution in [0.4, 0.5) is 0 Å². The van der Waals surface area contributed by atoms with Gasteiger partial charge in [-0.1, -0.05) is 31.9 Å². The molecule has 0 radical (unpaired) electrons. The van der Waals surface area contributed by atoms with Gasteiger partial charge in [-0.2, -0.15) is 5.26 Å². The van der Waals surface area contributed by atoms with E-state index in [0.29, 0.717) is 29.2 Å². The van der Waals surface area contributed by atoms with E-state index in [1.807, 2.05) is 6.07 Å². The zero-order chi connectivity index (χ0) is 24.7. The predicted octanol–water partition coefficient (Wildman–Crippen LogP) is 4.59. The molecule has 3 aromatic rings. The second-order valence-electron chi connectivity index (χ2n) is 7.96. The van der Waals surface area contributed by atoms with Gasteiger partial charge < -0.3 is 14.6 Å². The summed E-state index contributed by atoms with van der Waals surface area (Å²) in [5.74, 6) is 0.348. The minimum atomic E-state index is -0.652. The molecule has 0 aliphatic heterocycles. The average Bonchev–Trinajstić information content (AvgIpc) is 2.85. The normalized spacial score (nSPS) is 10.5. The molecule has 1 N–H and O–H groups in total. The van der Waals surface area contributed by atoms with E-state index in [0.717, 1.165) is 23.8 Å². The largest absolute Gasteiger partial charge is 0.497 e. The molecule has 3 rings (SSSR count). The van der Waals surface area contributed by atoms with Crippen molar-refractivity contribution in [1.82, 2.24) is 4.57 Å². The first kappa shape index (κ1) is 24.6. The molecular weight excluding hydrogens is 432 g/mol. The van der Waals surface area contributed by atoms with Crippen LogP contribution in [0.15, 0.2) is 53.3 Å². The van der Waals surface area contributed by atoms with Crippen molar-refractivity contribution in [2.45, 2.75) is 39.7 Å². The van der Waals surface area contributed by atoms with Crippen LogP contribution in [0, 0.1) is 18.3 Å². The third kappa shape index (κ3) is 5.29. The SMILES string of the molecule is CCCCCOc1ccc(C(=O)c2c(C)c(C#N)c(=O)n(Cc3ccc(OC)cc3)c2O)cc1. The Bertz CT molecular complexity index is 1250. The minimum absolute atomic E-state index is 0.00552. The van der Waals surface area contributed by atoms with Gasteiger partial charge in [-0.3, -0.25) is 14.2 Å². The highest BCUT2D eigenvalue weighted by molar-refractivity contribution is 6.11. The molecule has 0 unspecified atom stereocenters.